The first kappa shape index (κ1) is 18.1. The van der Waals surface area contributed by atoms with Gasteiger partial charge in [-0.25, -0.2) is 0 Å². The second-order valence-corrected chi connectivity index (χ2v) is 7.12. The molecule has 1 atom stereocenters. The van der Waals surface area contributed by atoms with Crippen LogP contribution in [0.1, 0.15) is 35.3 Å². The quantitative estimate of drug-likeness (QED) is 0.727. The van der Waals surface area contributed by atoms with Gasteiger partial charge < -0.3 is 19.9 Å². The Hall–Kier alpha value is -3.28. The number of methoxy groups -OCH3 is 1. The molecule has 2 heterocycles. The number of amides is 2. The summed E-state index contributed by atoms with van der Waals surface area (Å²) in [5, 5.41) is 3.58. The molecule has 6 nitrogen and oxygen atoms in total. The molecule has 2 N–H and O–H groups in total. The second-order valence-electron chi connectivity index (χ2n) is 7.12. The number of carbonyl (C=O) groups is 2. The lowest BCUT2D eigenvalue weighted by atomic mass is 9.99. The van der Waals surface area contributed by atoms with E-state index in [2.05, 4.69) is 22.4 Å². The molecule has 0 spiro atoms. The summed E-state index contributed by atoms with van der Waals surface area (Å²) in [6.45, 7) is 2.80. The molecule has 1 aliphatic heterocycles. The molecule has 0 unspecified atom stereocenters. The zero-order chi connectivity index (χ0) is 19.7. The topological polar surface area (TPSA) is 74.4 Å². The molecule has 0 saturated carbocycles. The van der Waals surface area contributed by atoms with Crippen molar-refractivity contribution in [3.05, 3.63) is 59.8 Å². The number of rotatable bonds is 4. The summed E-state index contributed by atoms with van der Waals surface area (Å²) in [5.41, 5.74) is 2.95. The third-order valence-electron chi connectivity index (χ3n) is 5.27. The van der Waals surface area contributed by atoms with Crippen molar-refractivity contribution >= 4 is 28.4 Å². The molecule has 1 fully saturated rings. The minimum atomic E-state index is -0.221. The average Bonchev–Trinajstić information content (AvgIpc) is 3.33. The normalized spacial score (nSPS) is 16.4. The van der Waals surface area contributed by atoms with E-state index >= 15 is 0 Å². The maximum atomic E-state index is 13.3. The number of nitrogens with one attached hydrogen (secondary N) is 2. The molecule has 144 valence electrons. The van der Waals surface area contributed by atoms with E-state index in [-0.39, 0.29) is 11.8 Å². The van der Waals surface area contributed by atoms with Gasteiger partial charge in [0.25, 0.3) is 5.91 Å². The molecule has 28 heavy (non-hydrogen) atoms. The predicted octanol–water partition coefficient (Wildman–Crippen LogP) is 3.76. The number of hydrogen-bond donors (Lipinski definition) is 2. The fraction of sp³-hybridized carbons (Fsp3) is 0.273. The molecular formula is C22H23N3O3. The number of aromatic amines is 1. The van der Waals surface area contributed by atoms with Crippen molar-refractivity contribution in [2.24, 2.45) is 0 Å². The Labute approximate surface area is 163 Å². The van der Waals surface area contributed by atoms with Gasteiger partial charge in [-0.15, -0.1) is 0 Å². The third-order valence-corrected chi connectivity index (χ3v) is 5.27. The zero-order valence-corrected chi connectivity index (χ0v) is 16.0. The van der Waals surface area contributed by atoms with Crippen LogP contribution in [-0.4, -0.2) is 41.9 Å². The van der Waals surface area contributed by atoms with Crippen LogP contribution in [0.25, 0.3) is 10.9 Å². The summed E-state index contributed by atoms with van der Waals surface area (Å²) in [7, 11) is 1.59. The minimum Gasteiger partial charge on any atom is -0.497 e. The van der Waals surface area contributed by atoms with Gasteiger partial charge >= 0.3 is 0 Å². The van der Waals surface area contributed by atoms with Gasteiger partial charge in [-0.2, -0.15) is 0 Å². The number of H-pyrrole nitrogens is 1. The largest absolute Gasteiger partial charge is 0.497 e. The highest BCUT2D eigenvalue weighted by molar-refractivity contribution is 6.12. The summed E-state index contributed by atoms with van der Waals surface area (Å²) in [6.07, 6.45) is 0.930. The fourth-order valence-electron chi connectivity index (χ4n) is 3.86. The Balaban J connectivity index is 1.66. The molecule has 1 saturated heterocycles. The van der Waals surface area contributed by atoms with Crippen LogP contribution < -0.4 is 10.1 Å². The Morgan fingerprint density at radius 1 is 1.18 bits per heavy atom. The lowest BCUT2D eigenvalue weighted by molar-refractivity contribution is -0.114. The average molecular weight is 377 g/mol. The lowest BCUT2D eigenvalue weighted by Crippen LogP contribution is -2.29. The van der Waals surface area contributed by atoms with E-state index in [1.807, 2.05) is 41.3 Å². The van der Waals surface area contributed by atoms with Crippen LogP contribution >= 0.6 is 0 Å². The highest BCUT2D eigenvalue weighted by atomic mass is 16.5. The van der Waals surface area contributed by atoms with Crippen molar-refractivity contribution in [2.75, 3.05) is 25.5 Å². The molecule has 2 amide bonds. The zero-order valence-electron chi connectivity index (χ0n) is 16.0. The predicted molar refractivity (Wildman–Crippen MR) is 109 cm³/mol. The Bertz CT molecular complexity index is 1030. The highest BCUT2D eigenvalue weighted by Gasteiger charge is 2.30. The summed E-state index contributed by atoms with van der Waals surface area (Å²) in [6, 6.07) is 15.8. The monoisotopic (exact) mass is 377 g/mol. The number of nitrogens with zero attached hydrogens (tertiary/aromatic N) is 1. The van der Waals surface area contributed by atoms with Crippen LogP contribution in [-0.2, 0) is 4.79 Å². The molecule has 4 rings (SSSR count). The lowest BCUT2D eigenvalue weighted by Gasteiger charge is -2.17. The van der Waals surface area contributed by atoms with E-state index in [0.717, 1.165) is 17.3 Å². The minimum absolute atomic E-state index is 0.0997. The Morgan fingerprint density at radius 3 is 2.68 bits per heavy atom. The van der Waals surface area contributed by atoms with Crippen LogP contribution in [0.3, 0.4) is 0 Å². The molecule has 2 aromatic carbocycles. The Morgan fingerprint density at radius 2 is 1.96 bits per heavy atom. The van der Waals surface area contributed by atoms with Gasteiger partial charge in [0, 0.05) is 36.8 Å². The first-order valence-corrected chi connectivity index (χ1v) is 9.38. The molecule has 1 aromatic heterocycles. The molecule has 6 heteroatoms. The van der Waals surface area contributed by atoms with Crippen molar-refractivity contribution in [1.29, 1.82) is 0 Å². The van der Waals surface area contributed by atoms with Crippen LogP contribution in [0, 0.1) is 0 Å². The van der Waals surface area contributed by atoms with Crippen molar-refractivity contribution < 1.29 is 14.3 Å². The van der Waals surface area contributed by atoms with Crippen molar-refractivity contribution in [1.82, 2.24) is 9.88 Å². The molecule has 3 aromatic rings. The van der Waals surface area contributed by atoms with Gasteiger partial charge in [-0.3, -0.25) is 9.59 Å². The summed E-state index contributed by atoms with van der Waals surface area (Å²) in [4.78, 5) is 30.1. The SMILES string of the molecule is COc1ccc2[nH]c(C(=O)N3CC[C@H](c4ccccc4)C3)c(NC(C)=O)c2c1. The van der Waals surface area contributed by atoms with Crippen LogP contribution in [0.2, 0.25) is 0 Å². The van der Waals surface area contributed by atoms with Gasteiger partial charge in [0.15, 0.2) is 0 Å². The maximum Gasteiger partial charge on any atom is 0.272 e. The van der Waals surface area contributed by atoms with E-state index in [1.54, 1.807) is 7.11 Å². The standard InChI is InChI=1S/C22H23N3O3/c1-14(26)23-20-18-12-17(28-2)8-9-19(18)24-21(20)22(27)25-11-10-16(13-25)15-6-4-3-5-7-15/h3-9,12,16,24H,10-11,13H2,1-2H3,(H,23,26)/t16-/m0/s1. The number of ether oxygens (including phenoxy) is 1. The number of fused-ring (bicyclic) bond motifs is 1. The second kappa shape index (κ2) is 7.38. The first-order chi connectivity index (χ1) is 13.6. The molecule has 1 aliphatic rings. The Kier molecular flexibility index (Phi) is 4.77. The van der Waals surface area contributed by atoms with Crippen molar-refractivity contribution in [2.45, 2.75) is 19.3 Å². The molecule has 0 bridgehead atoms. The third kappa shape index (κ3) is 3.33. The van der Waals surface area contributed by atoms with Crippen LogP contribution in [0.15, 0.2) is 48.5 Å². The van der Waals surface area contributed by atoms with E-state index in [1.165, 1.54) is 12.5 Å². The number of anilines is 1. The molecule has 0 aliphatic carbocycles. The van der Waals surface area contributed by atoms with Gasteiger partial charge in [0.05, 0.1) is 12.8 Å². The number of benzene rings is 2. The van der Waals surface area contributed by atoms with Crippen LogP contribution in [0.5, 0.6) is 5.75 Å². The van der Waals surface area contributed by atoms with E-state index < -0.39 is 0 Å². The van der Waals surface area contributed by atoms with Gasteiger partial charge in [0.1, 0.15) is 11.4 Å². The highest BCUT2D eigenvalue weighted by Crippen LogP contribution is 2.34. The summed E-state index contributed by atoms with van der Waals surface area (Å²) < 4.78 is 5.29. The fourth-order valence-corrected chi connectivity index (χ4v) is 3.86. The van der Waals surface area contributed by atoms with E-state index in [4.69, 9.17) is 4.74 Å². The van der Waals surface area contributed by atoms with Gasteiger partial charge in [0.2, 0.25) is 5.91 Å². The first-order valence-electron chi connectivity index (χ1n) is 9.38. The van der Waals surface area contributed by atoms with Gasteiger partial charge in [-0.05, 0) is 30.2 Å². The van der Waals surface area contributed by atoms with E-state index in [0.29, 0.717) is 36.1 Å². The smallest absolute Gasteiger partial charge is 0.272 e. The number of likely N-dealkylation sites (tertiary alicyclic amines) is 1. The maximum absolute atomic E-state index is 13.3. The molecule has 0 radical (unpaired) electrons. The van der Waals surface area contributed by atoms with Crippen molar-refractivity contribution in [3.63, 3.8) is 0 Å². The number of hydrogen-bond acceptors (Lipinski definition) is 3. The number of carbonyl (C=O) groups excluding carboxylic acids is 2. The summed E-state index contributed by atoms with van der Waals surface area (Å²) in [5.74, 6) is 0.681. The van der Waals surface area contributed by atoms with Crippen LogP contribution in [0.4, 0.5) is 5.69 Å². The number of aromatic nitrogens is 1. The summed E-state index contributed by atoms with van der Waals surface area (Å²) >= 11 is 0. The molecular weight excluding hydrogens is 354 g/mol. The van der Waals surface area contributed by atoms with Crippen molar-refractivity contribution in [3.8, 4) is 5.75 Å². The van der Waals surface area contributed by atoms with Gasteiger partial charge in [-0.1, -0.05) is 30.3 Å². The van der Waals surface area contributed by atoms with E-state index in [9.17, 15) is 9.59 Å².